The third-order valence-electron chi connectivity index (χ3n) is 2.51. The highest BCUT2D eigenvalue weighted by atomic mass is 35.5. The van der Waals surface area contributed by atoms with Gasteiger partial charge in [0, 0.05) is 5.56 Å². The Morgan fingerprint density at radius 2 is 2.00 bits per heavy atom. The number of carboxylic acid groups (broad SMARTS) is 1. The summed E-state index contributed by atoms with van der Waals surface area (Å²) in [6.07, 6.45) is 0. The fourth-order valence-corrected chi connectivity index (χ4v) is 1.73. The maximum Gasteiger partial charge on any atom is 0.335 e. The van der Waals surface area contributed by atoms with Crippen LogP contribution < -0.4 is 4.74 Å². The van der Waals surface area contributed by atoms with Crippen LogP contribution in [0.4, 0.5) is 4.39 Å². The van der Waals surface area contributed by atoms with Gasteiger partial charge in [-0.05, 0) is 24.3 Å². The van der Waals surface area contributed by atoms with E-state index in [0.29, 0.717) is 11.3 Å². The predicted octanol–water partition coefficient (Wildman–Crippen LogP) is 3.76. The maximum absolute atomic E-state index is 13.6. The molecule has 2 aromatic carbocycles. The van der Waals surface area contributed by atoms with Crippen molar-refractivity contribution in [1.29, 1.82) is 0 Å². The van der Waals surface area contributed by atoms with Crippen LogP contribution in [0, 0.1) is 5.82 Å². The quantitative estimate of drug-likeness (QED) is 0.927. The normalized spacial score (nSPS) is 10.2. The van der Waals surface area contributed by atoms with Gasteiger partial charge in [-0.2, -0.15) is 0 Å². The molecule has 2 aromatic rings. The first kappa shape index (κ1) is 13.4. The zero-order valence-corrected chi connectivity index (χ0v) is 10.5. The second-order valence-corrected chi connectivity index (χ2v) is 4.24. The topological polar surface area (TPSA) is 46.5 Å². The van der Waals surface area contributed by atoms with Gasteiger partial charge in [-0.3, -0.25) is 0 Å². The van der Waals surface area contributed by atoms with Gasteiger partial charge in [0.15, 0.2) is 0 Å². The zero-order valence-electron chi connectivity index (χ0n) is 9.77. The number of halogens is 2. The summed E-state index contributed by atoms with van der Waals surface area (Å²) in [5.74, 6) is -1.21. The molecule has 3 nitrogen and oxygen atoms in total. The van der Waals surface area contributed by atoms with Gasteiger partial charge < -0.3 is 9.84 Å². The number of rotatable bonds is 4. The maximum atomic E-state index is 13.6. The molecule has 2 rings (SSSR count). The van der Waals surface area contributed by atoms with Crippen molar-refractivity contribution in [2.75, 3.05) is 0 Å². The Morgan fingerprint density at radius 1 is 1.26 bits per heavy atom. The molecule has 19 heavy (non-hydrogen) atoms. The minimum absolute atomic E-state index is 0.0184. The lowest BCUT2D eigenvalue weighted by Crippen LogP contribution is -2.01. The van der Waals surface area contributed by atoms with Crippen LogP contribution in [-0.4, -0.2) is 11.1 Å². The van der Waals surface area contributed by atoms with Crippen LogP contribution in [0.3, 0.4) is 0 Å². The standard InChI is InChI=1S/C14H10ClFO3/c15-12-6-2-4-10(13(12)16)8-19-11-5-1-3-9(7-11)14(17)18/h1-7H,8H2,(H,17,18). The summed E-state index contributed by atoms with van der Waals surface area (Å²) in [6, 6.07) is 10.6. The Hall–Kier alpha value is -2.07. The second-order valence-electron chi connectivity index (χ2n) is 3.83. The number of carbonyl (C=O) groups is 1. The lowest BCUT2D eigenvalue weighted by molar-refractivity contribution is 0.0696. The van der Waals surface area contributed by atoms with Gasteiger partial charge in [0.25, 0.3) is 0 Å². The van der Waals surface area contributed by atoms with Crippen molar-refractivity contribution in [3.8, 4) is 5.75 Å². The summed E-state index contributed by atoms with van der Waals surface area (Å²) in [5.41, 5.74) is 0.428. The Bertz CT molecular complexity index is 613. The van der Waals surface area contributed by atoms with Crippen molar-refractivity contribution in [3.63, 3.8) is 0 Å². The molecule has 0 unspecified atom stereocenters. The van der Waals surface area contributed by atoms with Crippen molar-refractivity contribution in [2.45, 2.75) is 6.61 Å². The molecule has 0 aliphatic carbocycles. The van der Waals surface area contributed by atoms with Crippen molar-refractivity contribution in [1.82, 2.24) is 0 Å². The molecule has 0 atom stereocenters. The van der Waals surface area contributed by atoms with Crippen LogP contribution in [0.15, 0.2) is 42.5 Å². The molecule has 0 spiro atoms. The largest absolute Gasteiger partial charge is 0.489 e. The van der Waals surface area contributed by atoms with E-state index in [-0.39, 0.29) is 17.2 Å². The molecule has 0 saturated heterocycles. The number of hydrogen-bond donors (Lipinski definition) is 1. The Morgan fingerprint density at radius 3 is 2.74 bits per heavy atom. The Labute approximate surface area is 114 Å². The van der Waals surface area contributed by atoms with Crippen LogP contribution in [-0.2, 0) is 6.61 Å². The van der Waals surface area contributed by atoms with Gasteiger partial charge in [0.2, 0.25) is 0 Å². The minimum atomic E-state index is -1.04. The molecule has 0 aliphatic rings. The molecule has 0 saturated carbocycles. The summed E-state index contributed by atoms with van der Waals surface area (Å²) in [5, 5.41) is 8.87. The fraction of sp³-hybridized carbons (Fsp3) is 0.0714. The summed E-state index contributed by atoms with van der Waals surface area (Å²) in [7, 11) is 0. The zero-order chi connectivity index (χ0) is 13.8. The van der Waals surface area contributed by atoms with Crippen molar-refractivity contribution in [2.24, 2.45) is 0 Å². The molecule has 1 N–H and O–H groups in total. The highest BCUT2D eigenvalue weighted by Gasteiger charge is 2.08. The molecule has 98 valence electrons. The van der Waals surface area contributed by atoms with Gasteiger partial charge >= 0.3 is 5.97 Å². The Balaban J connectivity index is 2.12. The van der Waals surface area contributed by atoms with E-state index in [4.69, 9.17) is 21.4 Å². The molecular formula is C14H10ClFO3. The number of carboxylic acids is 1. The smallest absolute Gasteiger partial charge is 0.335 e. The average Bonchev–Trinajstić information content (AvgIpc) is 2.41. The molecular weight excluding hydrogens is 271 g/mol. The molecule has 0 bridgehead atoms. The van der Waals surface area contributed by atoms with Gasteiger partial charge in [0.1, 0.15) is 18.2 Å². The molecule has 0 fully saturated rings. The molecule has 5 heteroatoms. The van der Waals surface area contributed by atoms with Gasteiger partial charge in [-0.1, -0.05) is 29.8 Å². The van der Waals surface area contributed by atoms with Crippen LogP contribution in [0.2, 0.25) is 5.02 Å². The van der Waals surface area contributed by atoms with Gasteiger partial charge in [-0.15, -0.1) is 0 Å². The lowest BCUT2D eigenvalue weighted by Gasteiger charge is -2.08. The lowest BCUT2D eigenvalue weighted by atomic mass is 10.2. The van der Waals surface area contributed by atoms with E-state index in [2.05, 4.69) is 0 Å². The molecule has 0 heterocycles. The summed E-state index contributed by atoms with van der Waals surface area (Å²) >= 11 is 5.65. The summed E-state index contributed by atoms with van der Waals surface area (Å²) in [4.78, 5) is 10.8. The first-order valence-corrected chi connectivity index (χ1v) is 5.85. The third-order valence-corrected chi connectivity index (χ3v) is 2.80. The molecule has 0 aromatic heterocycles. The van der Waals surface area contributed by atoms with E-state index in [1.54, 1.807) is 24.3 Å². The predicted molar refractivity (Wildman–Crippen MR) is 69.1 cm³/mol. The first-order valence-electron chi connectivity index (χ1n) is 5.47. The second kappa shape index (κ2) is 5.71. The fourth-order valence-electron chi connectivity index (χ4n) is 1.54. The summed E-state index contributed by atoms with van der Waals surface area (Å²) < 4.78 is 19.0. The van der Waals surface area contributed by atoms with E-state index in [9.17, 15) is 9.18 Å². The van der Waals surface area contributed by atoms with Crippen molar-refractivity contribution >= 4 is 17.6 Å². The monoisotopic (exact) mass is 280 g/mol. The summed E-state index contributed by atoms with van der Waals surface area (Å²) in [6.45, 7) is -0.0184. The molecule has 0 aliphatic heterocycles. The number of ether oxygens (including phenoxy) is 1. The van der Waals surface area contributed by atoms with Gasteiger partial charge in [0.05, 0.1) is 10.6 Å². The number of hydrogen-bond acceptors (Lipinski definition) is 2. The van der Waals surface area contributed by atoms with E-state index in [0.717, 1.165) is 0 Å². The third kappa shape index (κ3) is 3.23. The minimum Gasteiger partial charge on any atom is -0.489 e. The van der Waals surface area contributed by atoms with E-state index in [1.165, 1.54) is 18.2 Å². The average molecular weight is 281 g/mol. The van der Waals surface area contributed by atoms with E-state index in [1.807, 2.05) is 0 Å². The Kier molecular flexibility index (Phi) is 4.02. The van der Waals surface area contributed by atoms with Crippen LogP contribution >= 0.6 is 11.6 Å². The van der Waals surface area contributed by atoms with Crippen molar-refractivity contribution < 1.29 is 19.0 Å². The van der Waals surface area contributed by atoms with Crippen LogP contribution in [0.25, 0.3) is 0 Å². The van der Waals surface area contributed by atoms with Crippen molar-refractivity contribution in [3.05, 3.63) is 64.4 Å². The molecule has 0 radical (unpaired) electrons. The SMILES string of the molecule is O=C(O)c1cccc(OCc2cccc(Cl)c2F)c1. The van der Waals surface area contributed by atoms with Crippen LogP contribution in [0.1, 0.15) is 15.9 Å². The molecule has 0 amide bonds. The van der Waals surface area contributed by atoms with Gasteiger partial charge in [-0.25, -0.2) is 9.18 Å². The van der Waals surface area contributed by atoms with Crippen LogP contribution in [0.5, 0.6) is 5.75 Å². The van der Waals surface area contributed by atoms with E-state index >= 15 is 0 Å². The highest BCUT2D eigenvalue weighted by molar-refractivity contribution is 6.30. The highest BCUT2D eigenvalue weighted by Crippen LogP contribution is 2.20. The first-order chi connectivity index (χ1) is 9.08. The van der Waals surface area contributed by atoms with E-state index < -0.39 is 11.8 Å². The number of benzene rings is 2. The number of aromatic carboxylic acids is 1.